The number of benzene rings is 2. The SMILES string of the molecule is CC(C)(C)NC(=O)N1CCc2c(-c3cccc(C(F)(F)F)c3)ccc(C(=O)CCCc3cn4cccnc4n3)c2C1. The number of nitrogens with zero attached hydrogens (tertiary/aromatic N) is 4. The van der Waals surface area contributed by atoms with E-state index < -0.39 is 17.3 Å². The van der Waals surface area contributed by atoms with Crippen molar-refractivity contribution in [2.75, 3.05) is 6.54 Å². The monoisotopic (exact) mass is 563 g/mol. The Labute approximate surface area is 236 Å². The van der Waals surface area contributed by atoms with Crippen molar-refractivity contribution < 1.29 is 22.8 Å². The fraction of sp³-hybridized carbons (Fsp3) is 0.355. The summed E-state index contributed by atoms with van der Waals surface area (Å²) in [6, 6.07) is 10.2. The van der Waals surface area contributed by atoms with Gasteiger partial charge in [0.2, 0.25) is 5.78 Å². The molecule has 0 bridgehead atoms. The highest BCUT2D eigenvalue weighted by atomic mass is 19.4. The van der Waals surface area contributed by atoms with Crippen LogP contribution in [0.2, 0.25) is 0 Å². The lowest BCUT2D eigenvalue weighted by molar-refractivity contribution is -0.137. The molecule has 0 fully saturated rings. The first-order chi connectivity index (χ1) is 19.4. The molecule has 0 unspecified atom stereocenters. The Morgan fingerprint density at radius 2 is 1.85 bits per heavy atom. The molecule has 0 atom stereocenters. The van der Waals surface area contributed by atoms with Crippen LogP contribution in [0.15, 0.2) is 61.1 Å². The number of Topliss-reactive ketones (excluding diaryl/α,β-unsaturated/α-hetero) is 1. The number of halogens is 3. The number of rotatable bonds is 6. The number of amides is 2. The molecular weight excluding hydrogens is 531 g/mol. The predicted molar refractivity (Wildman–Crippen MR) is 150 cm³/mol. The van der Waals surface area contributed by atoms with E-state index in [1.54, 1.807) is 29.3 Å². The van der Waals surface area contributed by atoms with Crippen LogP contribution in [0.1, 0.15) is 66.4 Å². The summed E-state index contributed by atoms with van der Waals surface area (Å²) in [5.41, 5.74) is 2.75. The molecule has 2 amide bonds. The number of alkyl halides is 3. The molecule has 2 aromatic heterocycles. The van der Waals surface area contributed by atoms with Gasteiger partial charge < -0.3 is 10.2 Å². The summed E-state index contributed by atoms with van der Waals surface area (Å²) in [6.45, 7) is 6.26. The minimum Gasteiger partial charge on any atom is -0.333 e. The molecule has 0 saturated carbocycles. The van der Waals surface area contributed by atoms with Crippen LogP contribution in [0.25, 0.3) is 16.9 Å². The topological polar surface area (TPSA) is 79.6 Å². The van der Waals surface area contributed by atoms with Gasteiger partial charge in [-0.05, 0) is 80.5 Å². The van der Waals surface area contributed by atoms with E-state index in [2.05, 4.69) is 15.3 Å². The van der Waals surface area contributed by atoms with E-state index in [4.69, 9.17) is 0 Å². The van der Waals surface area contributed by atoms with Crippen molar-refractivity contribution in [3.63, 3.8) is 0 Å². The van der Waals surface area contributed by atoms with Crippen molar-refractivity contribution in [3.05, 3.63) is 89.0 Å². The highest BCUT2D eigenvalue weighted by Gasteiger charge is 2.32. The second-order valence-corrected chi connectivity index (χ2v) is 11.4. The highest BCUT2D eigenvalue weighted by Crippen LogP contribution is 2.37. The number of carbonyl (C=O) groups is 2. The Balaban J connectivity index is 1.43. The molecule has 0 radical (unpaired) electrons. The number of carbonyl (C=O) groups excluding carboxylic acids is 2. The van der Waals surface area contributed by atoms with E-state index in [1.165, 1.54) is 6.07 Å². The second kappa shape index (κ2) is 11.0. The molecule has 7 nitrogen and oxygen atoms in total. The number of nitrogens with one attached hydrogen (secondary N) is 1. The van der Waals surface area contributed by atoms with Gasteiger partial charge in [-0.15, -0.1) is 0 Å². The average Bonchev–Trinajstić information content (AvgIpc) is 3.33. The Kier molecular flexibility index (Phi) is 7.59. The quantitative estimate of drug-likeness (QED) is 0.272. The zero-order valence-electron chi connectivity index (χ0n) is 23.3. The van der Waals surface area contributed by atoms with Crippen molar-refractivity contribution in [2.24, 2.45) is 0 Å². The molecule has 10 heteroatoms. The molecule has 0 spiro atoms. The average molecular weight is 564 g/mol. The third kappa shape index (κ3) is 6.42. The number of fused-ring (bicyclic) bond motifs is 2. The second-order valence-electron chi connectivity index (χ2n) is 11.4. The van der Waals surface area contributed by atoms with Crippen LogP contribution in [-0.2, 0) is 25.6 Å². The zero-order chi connectivity index (χ0) is 29.4. The third-order valence-electron chi connectivity index (χ3n) is 7.10. The van der Waals surface area contributed by atoms with Gasteiger partial charge in [0, 0.05) is 49.2 Å². The van der Waals surface area contributed by atoms with Gasteiger partial charge in [0.15, 0.2) is 5.78 Å². The Morgan fingerprint density at radius 1 is 1.05 bits per heavy atom. The normalized spacial score (nSPS) is 13.8. The molecule has 214 valence electrons. The number of hydrogen-bond acceptors (Lipinski definition) is 4. The van der Waals surface area contributed by atoms with Crippen LogP contribution in [0.5, 0.6) is 0 Å². The summed E-state index contributed by atoms with van der Waals surface area (Å²) in [5.74, 6) is 0.526. The lowest BCUT2D eigenvalue weighted by atomic mass is 9.85. The standard InChI is InChI=1S/C31H32F3N5O2/c1-30(2,3)37-29(41)39-16-13-24-23(20-7-4-8-21(17-20)31(32,33)34)11-12-25(26(24)19-39)27(40)10-5-9-22-18-38-15-6-14-35-28(38)36-22/h4,6-8,11-12,14-15,17-18H,5,9-10,13,16,19H2,1-3H3,(H,37,41). The maximum atomic E-state index is 13.5. The van der Waals surface area contributed by atoms with Gasteiger partial charge in [0.05, 0.1) is 11.3 Å². The summed E-state index contributed by atoms with van der Waals surface area (Å²) in [7, 11) is 0. The van der Waals surface area contributed by atoms with Crippen molar-refractivity contribution in [1.29, 1.82) is 0 Å². The Bertz CT molecular complexity index is 1570. The number of urea groups is 1. The van der Waals surface area contributed by atoms with Crippen LogP contribution in [0, 0.1) is 0 Å². The molecular formula is C31H32F3N5O2. The van der Waals surface area contributed by atoms with Crippen molar-refractivity contribution in [3.8, 4) is 11.1 Å². The Hall–Kier alpha value is -4.21. The molecule has 1 aliphatic heterocycles. The number of imidazole rings is 1. The molecule has 3 heterocycles. The third-order valence-corrected chi connectivity index (χ3v) is 7.10. The van der Waals surface area contributed by atoms with Gasteiger partial charge in [-0.25, -0.2) is 14.8 Å². The van der Waals surface area contributed by atoms with Crippen LogP contribution in [-0.4, -0.2) is 43.2 Å². The molecule has 5 rings (SSSR count). The first kappa shape index (κ1) is 28.3. The van der Waals surface area contributed by atoms with Crippen molar-refractivity contribution >= 4 is 17.6 Å². The highest BCUT2D eigenvalue weighted by molar-refractivity contribution is 5.99. The molecule has 1 aliphatic rings. The van der Waals surface area contributed by atoms with Gasteiger partial charge in [0.25, 0.3) is 0 Å². The Morgan fingerprint density at radius 3 is 2.59 bits per heavy atom. The number of hydrogen-bond donors (Lipinski definition) is 1. The summed E-state index contributed by atoms with van der Waals surface area (Å²) in [5, 5.41) is 2.97. The van der Waals surface area contributed by atoms with Crippen molar-refractivity contribution in [1.82, 2.24) is 24.6 Å². The van der Waals surface area contributed by atoms with Crippen LogP contribution in [0.3, 0.4) is 0 Å². The molecule has 0 aliphatic carbocycles. The lowest BCUT2D eigenvalue weighted by Gasteiger charge is -2.34. The summed E-state index contributed by atoms with van der Waals surface area (Å²) >= 11 is 0. The fourth-order valence-corrected chi connectivity index (χ4v) is 5.21. The van der Waals surface area contributed by atoms with Gasteiger partial charge in [-0.3, -0.25) is 9.20 Å². The number of aromatic nitrogens is 3. The summed E-state index contributed by atoms with van der Waals surface area (Å²) < 4.78 is 42.2. The smallest absolute Gasteiger partial charge is 0.333 e. The van der Waals surface area contributed by atoms with E-state index in [9.17, 15) is 22.8 Å². The predicted octanol–water partition coefficient (Wildman–Crippen LogP) is 6.49. The van der Waals surface area contributed by atoms with Crippen LogP contribution < -0.4 is 5.32 Å². The minimum atomic E-state index is -4.47. The van der Waals surface area contributed by atoms with Gasteiger partial charge in [0.1, 0.15) is 0 Å². The van der Waals surface area contributed by atoms with Gasteiger partial charge in [-0.2, -0.15) is 13.2 Å². The van der Waals surface area contributed by atoms with E-state index in [-0.39, 0.29) is 24.8 Å². The molecule has 0 saturated heterocycles. The molecule has 2 aromatic carbocycles. The fourth-order valence-electron chi connectivity index (χ4n) is 5.21. The number of aryl methyl sites for hydroxylation is 1. The van der Waals surface area contributed by atoms with E-state index >= 15 is 0 Å². The largest absolute Gasteiger partial charge is 0.416 e. The maximum absolute atomic E-state index is 13.5. The first-order valence-corrected chi connectivity index (χ1v) is 13.6. The molecule has 4 aromatic rings. The number of ketones is 1. The molecule has 1 N–H and O–H groups in total. The minimum absolute atomic E-state index is 0.0724. The van der Waals surface area contributed by atoms with E-state index in [0.29, 0.717) is 53.8 Å². The zero-order valence-corrected chi connectivity index (χ0v) is 23.3. The summed E-state index contributed by atoms with van der Waals surface area (Å²) in [6.07, 6.45) is 2.82. The first-order valence-electron chi connectivity index (χ1n) is 13.6. The van der Waals surface area contributed by atoms with E-state index in [0.717, 1.165) is 23.4 Å². The van der Waals surface area contributed by atoms with Crippen LogP contribution in [0.4, 0.5) is 18.0 Å². The molecule has 41 heavy (non-hydrogen) atoms. The van der Waals surface area contributed by atoms with E-state index in [1.807, 2.05) is 43.6 Å². The van der Waals surface area contributed by atoms with Gasteiger partial charge >= 0.3 is 12.2 Å². The van der Waals surface area contributed by atoms with Crippen LogP contribution >= 0.6 is 0 Å². The van der Waals surface area contributed by atoms with Crippen molar-refractivity contribution in [2.45, 2.75) is 64.7 Å². The summed E-state index contributed by atoms with van der Waals surface area (Å²) in [4.78, 5) is 36.9. The lowest BCUT2D eigenvalue weighted by Crippen LogP contribution is -2.50. The van der Waals surface area contributed by atoms with Gasteiger partial charge in [-0.1, -0.05) is 24.3 Å². The maximum Gasteiger partial charge on any atom is 0.416 e.